The average molecular weight is 511 g/mol. The van der Waals surface area contributed by atoms with E-state index >= 15 is 0 Å². The van der Waals surface area contributed by atoms with Gasteiger partial charge in [-0.05, 0) is 130 Å². The standard InChI is InChI=1S/C40H30/c1-39(2)30-20-29-31(19-28(30)37-26-10-6-9-21-11-13-24(34(21)26)17-32(37)39)40(3,4)33-18-25-14-12-22-7-5-8-23-15-16-27(38(29)33)36(25)35(22)23/h5-10,12,14-20H,11,13H2,1-4H3. The number of rotatable bonds is 0. The normalized spacial score (nSPS) is 17.2. The highest BCUT2D eigenvalue weighted by Gasteiger charge is 2.43. The molecular weight excluding hydrogens is 480 g/mol. The maximum atomic E-state index is 2.59. The van der Waals surface area contributed by atoms with E-state index in [2.05, 4.69) is 113 Å². The van der Waals surface area contributed by atoms with Gasteiger partial charge in [0.1, 0.15) is 0 Å². The summed E-state index contributed by atoms with van der Waals surface area (Å²) in [5, 5.41) is 11.3. The van der Waals surface area contributed by atoms with Gasteiger partial charge in [0.15, 0.2) is 0 Å². The zero-order valence-electron chi connectivity index (χ0n) is 23.5. The van der Waals surface area contributed by atoms with Crippen LogP contribution in [0.25, 0.3) is 65.3 Å². The minimum Gasteiger partial charge on any atom is -0.0613 e. The Balaban J connectivity index is 1.34. The van der Waals surface area contributed by atoms with Gasteiger partial charge in [0.25, 0.3) is 0 Å². The predicted octanol–water partition coefficient (Wildman–Crippen LogP) is 10.4. The summed E-state index contributed by atoms with van der Waals surface area (Å²) in [7, 11) is 0. The van der Waals surface area contributed by atoms with Crippen molar-refractivity contribution >= 4 is 43.1 Å². The van der Waals surface area contributed by atoms with Crippen LogP contribution in [0.15, 0.2) is 84.9 Å². The van der Waals surface area contributed by atoms with E-state index in [-0.39, 0.29) is 10.8 Å². The van der Waals surface area contributed by atoms with Gasteiger partial charge in [-0.15, -0.1) is 0 Å². The summed E-state index contributed by atoms with van der Waals surface area (Å²) in [6.45, 7) is 9.78. The van der Waals surface area contributed by atoms with Gasteiger partial charge in [-0.3, -0.25) is 0 Å². The summed E-state index contributed by atoms with van der Waals surface area (Å²) in [5.74, 6) is 0. The lowest BCUT2D eigenvalue weighted by atomic mass is 9.79. The second-order valence-electron chi connectivity index (χ2n) is 13.6. The molecule has 0 spiro atoms. The number of benzene rings is 7. The molecule has 3 aliphatic carbocycles. The van der Waals surface area contributed by atoms with Crippen molar-refractivity contribution in [2.24, 2.45) is 0 Å². The first-order valence-corrected chi connectivity index (χ1v) is 14.8. The summed E-state index contributed by atoms with van der Waals surface area (Å²) in [5.41, 5.74) is 14.8. The Morgan fingerprint density at radius 3 is 1.75 bits per heavy atom. The molecule has 0 aromatic heterocycles. The van der Waals surface area contributed by atoms with Gasteiger partial charge in [0.05, 0.1) is 0 Å². The van der Waals surface area contributed by atoms with Crippen molar-refractivity contribution in [1.29, 1.82) is 0 Å². The summed E-state index contributed by atoms with van der Waals surface area (Å²) in [6, 6.07) is 33.4. The Morgan fingerprint density at radius 2 is 1.02 bits per heavy atom. The van der Waals surface area contributed by atoms with Crippen molar-refractivity contribution in [2.45, 2.75) is 51.4 Å². The van der Waals surface area contributed by atoms with Crippen LogP contribution < -0.4 is 0 Å². The topological polar surface area (TPSA) is 0 Å². The van der Waals surface area contributed by atoms with Gasteiger partial charge in [-0.1, -0.05) is 94.4 Å². The molecule has 0 radical (unpaired) electrons. The third-order valence-corrected chi connectivity index (χ3v) is 11.0. The van der Waals surface area contributed by atoms with Crippen molar-refractivity contribution in [3.05, 3.63) is 118 Å². The minimum atomic E-state index is -0.0636. The van der Waals surface area contributed by atoms with E-state index in [1.165, 1.54) is 106 Å². The number of fused-ring (bicyclic) bond motifs is 8. The number of hydrogen-bond donors (Lipinski definition) is 0. The van der Waals surface area contributed by atoms with Crippen LogP contribution in [0.1, 0.15) is 61.1 Å². The fraction of sp³-hybridized carbons (Fsp3) is 0.200. The molecule has 0 aliphatic heterocycles. The Kier molecular flexibility index (Phi) is 3.56. The molecule has 7 aromatic carbocycles. The molecule has 0 saturated carbocycles. The zero-order valence-corrected chi connectivity index (χ0v) is 23.5. The van der Waals surface area contributed by atoms with Crippen LogP contribution in [-0.2, 0) is 23.7 Å². The highest BCUT2D eigenvalue weighted by Crippen LogP contribution is 2.59. The van der Waals surface area contributed by atoms with Crippen molar-refractivity contribution in [1.82, 2.24) is 0 Å². The quantitative estimate of drug-likeness (QED) is 0.178. The molecule has 40 heavy (non-hydrogen) atoms. The number of aryl methyl sites for hydroxylation is 2. The van der Waals surface area contributed by atoms with E-state index in [1.807, 2.05) is 0 Å². The van der Waals surface area contributed by atoms with Crippen molar-refractivity contribution in [3.8, 4) is 22.3 Å². The molecule has 0 saturated heterocycles. The van der Waals surface area contributed by atoms with Gasteiger partial charge >= 0.3 is 0 Å². The molecule has 0 nitrogen and oxygen atoms in total. The first kappa shape index (κ1) is 21.6. The van der Waals surface area contributed by atoms with E-state index in [9.17, 15) is 0 Å². The molecular formula is C40H30. The van der Waals surface area contributed by atoms with Crippen molar-refractivity contribution < 1.29 is 0 Å². The molecule has 0 fully saturated rings. The lowest BCUT2D eigenvalue weighted by Gasteiger charge is -2.24. The molecule has 3 aliphatic rings. The first-order valence-electron chi connectivity index (χ1n) is 14.8. The van der Waals surface area contributed by atoms with E-state index in [4.69, 9.17) is 0 Å². The predicted molar refractivity (Wildman–Crippen MR) is 170 cm³/mol. The third-order valence-electron chi connectivity index (χ3n) is 11.0. The van der Waals surface area contributed by atoms with Crippen molar-refractivity contribution in [2.75, 3.05) is 0 Å². The second-order valence-corrected chi connectivity index (χ2v) is 13.6. The molecule has 0 bridgehead atoms. The molecule has 0 unspecified atom stereocenters. The number of hydrogen-bond acceptors (Lipinski definition) is 0. The van der Waals surface area contributed by atoms with Crippen LogP contribution in [-0.4, -0.2) is 0 Å². The Bertz CT molecular complexity index is 2290. The Labute approximate surface area is 234 Å². The Hall–Kier alpha value is -4.16. The van der Waals surface area contributed by atoms with Crippen LogP contribution in [0.3, 0.4) is 0 Å². The van der Waals surface area contributed by atoms with Gasteiger partial charge in [-0.25, -0.2) is 0 Å². The maximum Gasteiger partial charge on any atom is 0.0159 e. The van der Waals surface area contributed by atoms with Crippen LogP contribution in [0.4, 0.5) is 0 Å². The maximum absolute atomic E-state index is 2.59. The monoisotopic (exact) mass is 510 g/mol. The fourth-order valence-electron chi connectivity index (χ4n) is 9.04. The molecule has 0 heteroatoms. The van der Waals surface area contributed by atoms with Crippen molar-refractivity contribution in [3.63, 3.8) is 0 Å². The van der Waals surface area contributed by atoms with Crippen LogP contribution >= 0.6 is 0 Å². The summed E-state index contributed by atoms with van der Waals surface area (Å²) in [6.07, 6.45) is 2.35. The van der Waals surface area contributed by atoms with Crippen LogP contribution in [0, 0.1) is 0 Å². The first-order chi connectivity index (χ1) is 19.3. The molecule has 0 amide bonds. The highest BCUT2D eigenvalue weighted by atomic mass is 14.5. The van der Waals surface area contributed by atoms with Crippen LogP contribution in [0.5, 0.6) is 0 Å². The zero-order chi connectivity index (χ0) is 26.7. The van der Waals surface area contributed by atoms with Gasteiger partial charge in [0, 0.05) is 10.8 Å². The lowest BCUT2D eigenvalue weighted by Crippen LogP contribution is -2.17. The third kappa shape index (κ3) is 2.27. The molecule has 0 heterocycles. The van der Waals surface area contributed by atoms with E-state index in [0.717, 1.165) is 0 Å². The summed E-state index contributed by atoms with van der Waals surface area (Å²) in [4.78, 5) is 0. The van der Waals surface area contributed by atoms with Gasteiger partial charge in [-0.2, -0.15) is 0 Å². The van der Waals surface area contributed by atoms with E-state index in [0.29, 0.717) is 0 Å². The van der Waals surface area contributed by atoms with E-state index < -0.39 is 0 Å². The Morgan fingerprint density at radius 1 is 0.450 bits per heavy atom. The summed E-state index contributed by atoms with van der Waals surface area (Å²) >= 11 is 0. The average Bonchev–Trinajstić information content (AvgIpc) is 3.55. The molecule has 0 N–H and O–H groups in total. The van der Waals surface area contributed by atoms with E-state index in [1.54, 1.807) is 5.56 Å². The SMILES string of the molecule is CC1(C)c2cc3c(cc2-c2c1cc1c4c(cccc24)CC1)C(C)(C)c1cc2ccc4cccc5ccc(c1-3)c2c45. The highest BCUT2D eigenvalue weighted by molar-refractivity contribution is 6.26. The lowest BCUT2D eigenvalue weighted by molar-refractivity contribution is 0.652. The van der Waals surface area contributed by atoms with Gasteiger partial charge in [0.2, 0.25) is 0 Å². The fourth-order valence-corrected chi connectivity index (χ4v) is 9.04. The molecule has 0 atom stereocenters. The largest absolute Gasteiger partial charge is 0.0613 e. The molecule has 10 rings (SSSR count). The molecule has 190 valence electrons. The van der Waals surface area contributed by atoms with Crippen LogP contribution in [0.2, 0.25) is 0 Å². The smallest absolute Gasteiger partial charge is 0.0159 e. The second kappa shape index (κ2) is 6.58. The summed E-state index contributed by atoms with van der Waals surface area (Å²) < 4.78 is 0. The minimum absolute atomic E-state index is 0.0281. The molecule has 7 aromatic rings. The van der Waals surface area contributed by atoms with Gasteiger partial charge < -0.3 is 0 Å².